The molecule has 1 heterocycles. The van der Waals surface area contributed by atoms with Crippen LogP contribution in [0.5, 0.6) is 0 Å². The van der Waals surface area contributed by atoms with E-state index in [0.29, 0.717) is 12.2 Å². The Kier molecular flexibility index (Phi) is 3.57. The highest BCUT2D eigenvalue weighted by molar-refractivity contribution is 5.78. The molecule has 0 aliphatic carbocycles. The van der Waals surface area contributed by atoms with Gasteiger partial charge in [-0.2, -0.15) is 0 Å². The fraction of sp³-hybridized carbons (Fsp3) is 0.429. The van der Waals surface area contributed by atoms with Gasteiger partial charge in [0.25, 0.3) is 0 Å². The van der Waals surface area contributed by atoms with Crippen molar-refractivity contribution in [2.75, 3.05) is 7.11 Å². The number of hydrogen-bond acceptors (Lipinski definition) is 3. The van der Waals surface area contributed by atoms with Crippen LogP contribution in [0.1, 0.15) is 26.1 Å². The first-order valence-corrected chi connectivity index (χ1v) is 6.24. The van der Waals surface area contributed by atoms with E-state index in [0.717, 1.165) is 11.0 Å². The summed E-state index contributed by atoms with van der Waals surface area (Å²) in [6, 6.07) is 7.52. The van der Waals surface area contributed by atoms with Crippen LogP contribution in [0.15, 0.2) is 24.3 Å². The summed E-state index contributed by atoms with van der Waals surface area (Å²) in [5.74, 6) is -0.236. The molecule has 0 amide bonds. The summed E-state index contributed by atoms with van der Waals surface area (Å²) in [5.41, 5.74) is 1.01. The number of para-hydroxylation sites is 2. The van der Waals surface area contributed by atoms with Crippen LogP contribution < -0.4 is 0 Å². The Morgan fingerprint density at radius 3 is 2.74 bits per heavy atom. The van der Waals surface area contributed by atoms with Gasteiger partial charge in [0, 0.05) is 7.11 Å². The van der Waals surface area contributed by atoms with Gasteiger partial charge in [0.2, 0.25) is 0 Å². The lowest BCUT2D eigenvalue weighted by atomic mass is 10.0. The zero-order valence-electron chi connectivity index (χ0n) is 11.4. The third kappa shape index (κ3) is 2.33. The molecule has 1 aromatic heterocycles. The van der Waals surface area contributed by atoms with E-state index in [1.54, 1.807) is 11.7 Å². The number of carboxylic acids is 1. The van der Waals surface area contributed by atoms with Crippen LogP contribution in [0.4, 0.5) is 0 Å². The van der Waals surface area contributed by atoms with Crippen molar-refractivity contribution in [3.8, 4) is 0 Å². The summed E-state index contributed by atoms with van der Waals surface area (Å²) in [5, 5.41) is 9.09. The lowest BCUT2D eigenvalue weighted by Crippen LogP contribution is -2.29. The number of nitrogens with zero attached hydrogens (tertiary/aromatic N) is 2. The second kappa shape index (κ2) is 5.01. The number of carbonyl (C=O) groups is 1. The highest BCUT2D eigenvalue weighted by Gasteiger charge is 2.31. The lowest BCUT2D eigenvalue weighted by Gasteiger charge is -2.26. The average molecular weight is 262 g/mol. The SMILES string of the molecule is CCC(C)(OC)c1nc2ccccc2n1CC(=O)O. The van der Waals surface area contributed by atoms with Crippen LogP contribution in [-0.4, -0.2) is 27.7 Å². The molecule has 0 radical (unpaired) electrons. The minimum absolute atomic E-state index is 0.116. The molecule has 19 heavy (non-hydrogen) atoms. The summed E-state index contributed by atoms with van der Waals surface area (Å²) in [4.78, 5) is 15.6. The minimum atomic E-state index is -0.890. The largest absolute Gasteiger partial charge is 0.480 e. The van der Waals surface area contributed by atoms with E-state index in [1.165, 1.54) is 0 Å². The topological polar surface area (TPSA) is 64.4 Å². The Bertz CT molecular complexity index is 600. The molecule has 5 nitrogen and oxygen atoms in total. The van der Waals surface area contributed by atoms with Crippen molar-refractivity contribution in [1.29, 1.82) is 0 Å². The first-order chi connectivity index (χ1) is 9.01. The van der Waals surface area contributed by atoms with Gasteiger partial charge in [-0.1, -0.05) is 19.1 Å². The van der Waals surface area contributed by atoms with Gasteiger partial charge in [0.15, 0.2) is 0 Å². The van der Waals surface area contributed by atoms with E-state index in [2.05, 4.69) is 4.98 Å². The second-order valence-corrected chi connectivity index (χ2v) is 4.69. The van der Waals surface area contributed by atoms with E-state index < -0.39 is 11.6 Å². The number of fused-ring (bicyclic) bond motifs is 1. The van der Waals surface area contributed by atoms with E-state index in [9.17, 15) is 4.79 Å². The Hall–Kier alpha value is -1.88. The monoisotopic (exact) mass is 262 g/mol. The molecule has 0 saturated carbocycles. The molecule has 1 atom stereocenters. The van der Waals surface area contributed by atoms with Gasteiger partial charge in [0.05, 0.1) is 11.0 Å². The third-order valence-electron chi connectivity index (χ3n) is 3.55. The molecule has 0 fully saturated rings. The van der Waals surface area contributed by atoms with Gasteiger partial charge >= 0.3 is 5.97 Å². The number of carboxylic acid groups (broad SMARTS) is 1. The Morgan fingerprint density at radius 1 is 1.47 bits per heavy atom. The zero-order valence-corrected chi connectivity index (χ0v) is 11.4. The van der Waals surface area contributed by atoms with Crippen LogP contribution in [-0.2, 0) is 21.7 Å². The highest BCUT2D eigenvalue weighted by atomic mass is 16.5. The third-order valence-corrected chi connectivity index (χ3v) is 3.55. The number of aromatic nitrogens is 2. The molecule has 1 unspecified atom stereocenters. The van der Waals surface area contributed by atoms with Crippen molar-refractivity contribution in [3.05, 3.63) is 30.1 Å². The Balaban J connectivity index is 2.68. The number of rotatable bonds is 5. The molecule has 0 spiro atoms. The molecule has 1 aromatic carbocycles. The molecule has 5 heteroatoms. The number of aliphatic carboxylic acids is 1. The van der Waals surface area contributed by atoms with Crippen molar-refractivity contribution in [2.24, 2.45) is 0 Å². The Morgan fingerprint density at radius 2 is 2.16 bits per heavy atom. The fourth-order valence-electron chi connectivity index (χ4n) is 2.17. The van der Waals surface area contributed by atoms with Gasteiger partial charge in [0.1, 0.15) is 18.0 Å². The van der Waals surface area contributed by atoms with E-state index in [1.807, 2.05) is 38.1 Å². The second-order valence-electron chi connectivity index (χ2n) is 4.69. The average Bonchev–Trinajstić information content (AvgIpc) is 2.77. The minimum Gasteiger partial charge on any atom is -0.480 e. The van der Waals surface area contributed by atoms with Crippen LogP contribution in [0.3, 0.4) is 0 Å². The van der Waals surface area contributed by atoms with Gasteiger partial charge in [-0.3, -0.25) is 4.79 Å². The molecule has 0 saturated heterocycles. The summed E-state index contributed by atoms with van der Waals surface area (Å²) in [6.45, 7) is 3.80. The van der Waals surface area contributed by atoms with Crippen molar-refractivity contribution in [2.45, 2.75) is 32.4 Å². The first-order valence-electron chi connectivity index (χ1n) is 6.24. The van der Waals surface area contributed by atoms with E-state index >= 15 is 0 Å². The summed E-state index contributed by atoms with van der Waals surface area (Å²) >= 11 is 0. The smallest absolute Gasteiger partial charge is 0.323 e. The maximum atomic E-state index is 11.1. The number of methoxy groups -OCH3 is 1. The number of ether oxygens (including phenoxy) is 1. The molecule has 0 aliphatic rings. The normalized spacial score (nSPS) is 14.5. The number of hydrogen-bond donors (Lipinski definition) is 1. The van der Waals surface area contributed by atoms with Gasteiger partial charge in [-0.05, 0) is 25.5 Å². The van der Waals surface area contributed by atoms with Gasteiger partial charge < -0.3 is 14.4 Å². The van der Waals surface area contributed by atoms with E-state index in [-0.39, 0.29) is 6.54 Å². The van der Waals surface area contributed by atoms with Crippen molar-refractivity contribution >= 4 is 17.0 Å². The fourth-order valence-corrected chi connectivity index (χ4v) is 2.17. The predicted octanol–water partition coefficient (Wildman–Crippen LogP) is 2.39. The van der Waals surface area contributed by atoms with Crippen LogP contribution >= 0.6 is 0 Å². The zero-order chi connectivity index (χ0) is 14.0. The first kappa shape index (κ1) is 13.5. The molecule has 2 rings (SSSR count). The van der Waals surface area contributed by atoms with Crippen LogP contribution in [0, 0.1) is 0 Å². The molecular weight excluding hydrogens is 244 g/mol. The summed E-state index contributed by atoms with van der Waals surface area (Å²) in [6.07, 6.45) is 0.715. The standard InChI is InChI=1S/C14H18N2O3/c1-4-14(2,19-3)13-15-10-7-5-6-8-11(10)16(13)9-12(17)18/h5-8H,4,9H2,1-3H3,(H,17,18). The van der Waals surface area contributed by atoms with Gasteiger partial charge in [-0.15, -0.1) is 0 Å². The summed E-state index contributed by atoms with van der Waals surface area (Å²) < 4.78 is 7.26. The molecule has 0 bridgehead atoms. The van der Waals surface area contributed by atoms with Crippen LogP contribution in [0.25, 0.3) is 11.0 Å². The molecular formula is C14H18N2O3. The maximum absolute atomic E-state index is 11.1. The van der Waals surface area contributed by atoms with Crippen molar-refractivity contribution in [1.82, 2.24) is 9.55 Å². The highest BCUT2D eigenvalue weighted by Crippen LogP contribution is 2.30. The van der Waals surface area contributed by atoms with Crippen molar-refractivity contribution < 1.29 is 14.6 Å². The summed E-state index contributed by atoms with van der Waals surface area (Å²) in [7, 11) is 1.62. The molecule has 1 N–H and O–H groups in total. The maximum Gasteiger partial charge on any atom is 0.323 e. The predicted molar refractivity (Wildman–Crippen MR) is 72.0 cm³/mol. The number of imidazole rings is 1. The van der Waals surface area contributed by atoms with E-state index in [4.69, 9.17) is 9.84 Å². The lowest BCUT2D eigenvalue weighted by molar-refractivity contribution is -0.137. The molecule has 0 aliphatic heterocycles. The van der Waals surface area contributed by atoms with Crippen molar-refractivity contribution in [3.63, 3.8) is 0 Å². The quantitative estimate of drug-likeness (QED) is 0.898. The number of benzene rings is 1. The Labute approximate surface area is 111 Å². The van der Waals surface area contributed by atoms with Gasteiger partial charge in [-0.25, -0.2) is 4.98 Å². The van der Waals surface area contributed by atoms with Crippen LogP contribution in [0.2, 0.25) is 0 Å². The molecule has 102 valence electrons. The molecule has 2 aromatic rings.